The Kier molecular flexibility index (Phi) is 4.70. The number of para-hydroxylation sites is 3. The minimum atomic E-state index is -0.107. The molecule has 4 aromatic rings. The number of imidazole rings is 1. The molecule has 2 aromatic heterocycles. The highest BCUT2D eigenvalue weighted by Gasteiger charge is 2.10. The summed E-state index contributed by atoms with van der Waals surface area (Å²) in [5.41, 5.74) is 3.62. The monoisotopic (exact) mass is 359 g/mol. The van der Waals surface area contributed by atoms with Crippen molar-refractivity contribution in [2.75, 3.05) is 6.54 Å². The summed E-state index contributed by atoms with van der Waals surface area (Å²) in [5, 5.41) is 7.23. The van der Waals surface area contributed by atoms with Crippen molar-refractivity contribution < 1.29 is 4.79 Å². The normalized spacial score (nSPS) is 11.0. The number of aromatic nitrogens is 4. The highest BCUT2D eigenvalue weighted by molar-refractivity contribution is 5.93. The molecule has 0 aliphatic rings. The van der Waals surface area contributed by atoms with E-state index in [-0.39, 0.29) is 5.91 Å². The number of nitrogens with one attached hydrogen (secondary N) is 1. The fourth-order valence-electron chi connectivity index (χ4n) is 3.18. The average molecular weight is 359 g/mol. The van der Waals surface area contributed by atoms with Crippen LogP contribution in [0.2, 0.25) is 0 Å². The van der Waals surface area contributed by atoms with E-state index in [1.807, 2.05) is 55.5 Å². The predicted molar refractivity (Wildman–Crippen MR) is 105 cm³/mol. The van der Waals surface area contributed by atoms with Crippen LogP contribution in [0.1, 0.15) is 22.6 Å². The smallest absolute Gasteiger partial charge is 0.254 e. The molecule has 0 unspecified atom stereocenters. The molecule has 0 bridgehead atoms. The van der Waals surface area contributed by atoms with E-state index >= 15 is 0 Å². The highest BCUT2D eigenvalue weighted by atomic mass is 16.1. The van der Waals surface area contributed by atoms with Gasteiger partial charge in [-0.25, -0.2) is 9.67 Å². The molecule has 0 spiro atoms. The Bertz CT molecular complexity index is 1060. The lowest BCUT2D eigenvalue weighted by molar-refractivity contribution is 0.0953. The van der Waals surface area contributed by atoms with Crippen molar-refractivity contribution in [3.8, 4) is 5.69 Å². The predicted octanol–water partition coefficient (Wildman–Crippen LogP) is 3.35. The molecule has 27 heavy (non-hydrogen) atoms. The molecule has 0 atom stereocenters. The molecule has 4 rings (SSSR count). The first-order chi connectivity index (χ1) is 13.2. The minimum absolute atomic E-state index is 0.107. The second-order valence-electron chi connectivity index (χ2n) is 6.42. The quantitative estimate of drug-likeness (QED) is 0.537. The zero-order chi connectivity index (χ0) is 18.6. The third kappa shape index (κ3) is 3.60. The summed E-state index contributed by atoms with van der Waals surface area (Å²) in [5.74, 6) is 0.885. The third-order valence-corrected chi connectivity index (χ3v) is 4.55. The van der Waals surface area contributed by atoms with Crippen LogP contribution in [0.15, 0.2) is 67.0 Å². The Hall–Kier alpha value is -3.41. The third-order valence-electron chi connectivity index (χ3n) is 4.55. The van der Waals surface area contributed by atoms with Gasteiger partial charge in [-0.15, -0.1) is 0 Å². The molecule has 0 fully saturated rings. The first-order valence-corrected chi connectivity index (χ1v) is 9.02. The fourth-order valence-corrected chi connectivity index (χ4v) is 3.18. The molecule has 0 aliphatic carbocycles. The van der Waals surface area contributed by atoms with Gasteiger partial charge in [0.1, 0.15) is 5.82 Å². The van der Waals surface area contributed by atoms with Gasteiger partial charge >= 0.3 is 0 Å². The number of amides is 1. The van der Waals surface area contributed by atoms with Gasteiger partial charge in [-0.2, -0.15) is 5.10 Å². The van der Waals surface area contributed by atoms with Gasteiger partial charge in [0.25, 0.3) is 5.91 Å². The number of carbonyl (C=O) groups excluding carboxylic acids is 1. The van der Waals surface area contributed by atoms with Crippen molar-refractivity contribution in [2.45, 2.75) is 19.9 Å². The number of hydrogen-bond donors (Lipinski definition) is 1. The first kappa shape index (κ1) is 17.0. The molecule has 2 heterocycles. The number of hydrogen-bond acceptors (Lipinski definition) is 3. The molecule has 136 valence electrons. The van der Waals surface area contributed by atoms with Gasteiger partial charge < -0.3 is 9.88 Å². The lowest BCUT2D eigenvalue weighted by Crippen LogP contribution is -2.25. The molecule has 0 aliphatic heterocycles. The lowest BCUT2D eigenvalue weighted by atomic mass is 10.3. The molecule has 0 radical (unpaired) electrons. The lowest BCUT2D eigenvalue weighted by Gasteiger charge is -2.07. The van der Waals surface area contributed by atoms with E-state index in [1.165, 1.54) is 0 Å². The summed E-state index contributed by atoms with van der Waals surface area (Å²) in [4.78, 5) is 16.9. The van der Waals surface area contributed by atoms with Crippen molar-refractivity contribution in [1.82, 2.24) is 24.6 Å². The SMILES string of the molecule is Cc1nc2ccccc2n1CCCNC(=O)c1cnn(-c2ccccc2)c1. The summed E-state index contributed by atoms with van der Waals surface area (Å²) in [6.07, 6.45) is 4.17. The maximum atomic E-state index is 12.3. The van der Waals surface area contributed by atoms with Crippen LogP contribution in [0.4, 0.5) is 0 Å². The Labute approximate surface area is 157 Å². The second-order valence-corrected chi connectivity index (χ2v) is 6.42. The van der Waals surface area contributed by atoms with Crippen LogP contribution in [0.25, 0.3) is 16.7 Å². The van der Waals surface area contributed by atoms with Crippen LogP contribution < -0.4 is 5.32 Å². The number of benzene rings is 2. The van der Waals surface area contributed by atoms with Crippen LogP contribution in [-0.2, 0) is 6.54 Å². The van der Waals surface area contributed by atoms with Crippen molar-refractivity contribution in [1.29, 1.82) is 0 Å². The van der Waals surface area contributed by atoms with Gasteiger partial charge in [-0.3, -0.25) is 4.79 Å². The topological polar surface area (TPSA) is 64.7 Å². The van der Waals surface area contributed by atoms with E-state index in [1.54, 1.807) is 17.1 Å². The molecule has 6 nitrogen and oxygen atoms in total. The van der Waals surface area contributed by atoms with Crippen molar-refractivity contribution in [3.63, 3.8) is 0 Å². The van der Waals surface area contributed by atoms with E-state index in [0.29, 0.717) is 12.1 Å². The molecule has 0 saturated heterocycles. The zero-order valence-corrected chi connectivity index (χ0v) is 15.2. The molecular formula is C21H21N5O. The van der Waals surface area contributed by atoms with Gasteiger partial charge in [0.15, 0.2) is 0 Å². The van der Waals surface area contributed by atoms with Crippen molar-refractivity contribution in [2.24, 2.45) is 0 Å². The van der Waals surface area contributed by atoms with Gasteiger partial charge in [0.05, 0.1) is 28.5 Å². The number of nitrogens with zero attached hydrogens (tertiary/aromatic N) is 4. The molecular weight excluding hydrogens is 338 g/mol. The number of carbonyl (C=O) groups is 1. The molecule has 0 saturated carbocycles. The van der Waals surface area contributed by atoms with Crippen LogP contribution in [0.3, 0.4) is 0 Å². The van der Waals surface area contributed by atoms with Gasteiger partial charge in [-0.1, -0.05) is 30.3 Å². The maximum Gasteiger partial charge on any atom is 0.254 e. The van der Waals surface area contributed by atoms with Crippen LogP contribution in [0, 0.1) is 6.92 Å². The summed E-state index contributed by atoms with van der Waals surface area (Å²) < 4.78 is 3.89. The van der Waals surface area contributed by atoms with E-state index in [9.17, 15) is 4.79 Å². The summed E-state index contributed by atoms with van der Waals surface area (Å²) >= 11 is 0. The molecule has 2 aromatic carbocycles. The van der Waals surface area contributed by atoms with Crippen molar-refractivity contribution >= 4 is 16.9 Å². The van der Waals surface area contributed by atoms with Gasteiger partial charge in [0, 0.05) is 19.3 Å². The van der Waals surface area contributed by atoms with Gasteiger partial charge in [0.2, 0.25) is 0 Å². The Morgan fingerprint density at radius 3 is 2.70 bits per heavy atom. The van der Waals surface area contributed by atoms with Gasteiger partial charge in [-0.05, 0) is 37.6 Å². The second kappa shape index (κ2) is 7.45. The standard InChI is InChI=1S/C21H21N5O/c1-16-24-19-10-5-6-11-20(19)25(16)13-7-12-22-21(27)17-14-23-26(15-17)18-8-3-2-4-9-18/h2-6,8-11,14-15H,7,12-13H2,1H3,(H,22,27). The molecule has 1 N–H and O–H groups in total. The first-order valence-electron chi connectivity index (χ1n) is 9.02. The fraction of sp³-hybridized carbons (Fsp3) is 0.190. The largest absolute Gasteiger partial charge is 0.352 e. The van der Waals surface area contributed by atoms with Crippen LogP contribution in [0.5, 0.6) is 0 Å². The maximum absolute atomic E-state index is 12.3. The number of rotatable bonds is 6. The van der Waals surface area contributed by atoms with E-state index < -0.39 is 0 Å². The van der Waals surface area contributed by atoms with Crippen LogP contribution in [-0.4, -0.2) is 31.8 Å². The Balaban J connectivity index is 1.33. The average Bonchev–Trinajstić information content (AvgIpc) is 3.31. The molecule has 1 amide bonds. The Morgan fingerprint density at radius 1 is 1.07 bits per heavy atom. The highest BCUT2D eigenvalue weighted by Crippen LogP contribution is 2.15. The number of fused-ring (bicyclic) bond motifs is 1. The number of aryl methyl sites for hydroxylation is 2. The zero-order valence-electron chi connectivity index (χ0n) is 15.2. The van der Waals surface area contributed by atoms with E-state index in [0.717, 1.165) is 35.5 Å². The van der Waals surface area contributed by atoms with Crippen molar-refractivity contribution in [3.05, 3.63) is 78.4 Å². The minimum Gasteiger partial charge on any atom is -0.352 e. The van der Waals surface area contributed by atoms with E-state index in [4.69, 9.17) is 0 Å². The summed E-state index contributed by atoms with van der Waals surface area (Å²) in [6, 6.07) is 17.8. The molecule has 6 heteroatoms. The summed E-state index contributed by atoms with van der Waals surface area (Å²) in [7, 11) is 0. The Morgan fingerprint density at radius 2 is 1.85 bits per heavy atom. The summed E-state index contributed by atoms with van der Waals surface area (Å²) in [6.45, 7) is 3.42. The van der Waals surface area contributed by atoms with E-state index in [2.05, 4.69) is 26.0 Å². The van der Waals surface area contributed by atoms with Crippen LogP contribution >= 0.6 is 0 Å².